The molecule has 2 rings (SSSR count). The zero-order valence-corrected chi connectivity index (χ0v) is 12.2. The predicted octanol–water partition coefficient (Wildman–Crippen LogP) is 3.77. The summed E-state index contributed by atoms with van der Waals surface area (Å²) in [4.78, 5) is 15.8. The first-order chi connectivity index (χ1) is 10.1. The molecule has 0 saturated heterocycles. The van der Waals surface area contributed by atoms with E-state index < -0.39 is 0 Å². The number of anilines is 1. The second kappa shape index (κ2) is 6.74. The molecule has 5 nitrogen and oxygen atoms in total. The maximum Gasteiger partial charge on any atom is 0.319 e. The molecular weight excluding hydrogens is 266 g/mol. The summed E-state index contributed by atoms with van der Waals surface area (Å²) in [5.74, 6) is 1.75. The van der Waals surface area contributed by atoms with Crippen molar-refractivity contribution in [2.75, 3.05) is 11.9 Å². The van der Waals surface area contributed by atoms with Gasteiger partial charge in [0.15, 0.2) is 0 Å². The summed E-state index contributed by atoms with van der Waals surface area (Å²) in [6.45, 7) is 8.08. The molecule has 0 fully saturated rings. The Morgan fingerprint density at radius 2 is 2.10 bits per heavy atom. The van der Waals surface area contributed by atoms with E-state index in [1.54, 1.807) is 12.3 Å². The van der Waals surface area contributed by atoms with Crippen molar-refractivity contribution >= 4 is 11.7 Å². The molecule has 0 spiro atoms. The van der Waals surface area contributed by atoms with Crippen molar-refractivity contribution in [2.45, 2.75) is 19.8 Å². The van der Waals surface area contributed by atoms with E-state index in [1.807, 2.05) is 24.3 Å². The van der Waals surface area contributed by atoms with Gasteiger partial charge in [-0.2, -0.15) is 0 Å². The standard InChI is InChI=1S/C16H19N3O2/c1-4-9-17-16(20)19-13-7-5-12(6-8-13)15-18-10-14(21-15)11(2)3/h4-8,10-11H,1,9H2,2-3H3,(H2,17,19,20). The molecule has 110 valence electrons. The lowest BCUT2D eigenvalue weighted by atomic mass is 10.2. The summed E-state index contributed by atoms with van der Waals surface area (Å²) < 4.78 is 5.68. The molecule has 0 radical (unpaired) electrons. The van der Waals surface area contributed by atoms with Crippen molar-refractivity contribution in [3.8, 4) is 11.5 Å². The van der Waals surface area contributed by atoms with Gasteiger partial charge in [-0.15, -0.1) is 6.58 Å². The lowest BCUT2D eigenvalue weighted by Gasteiger charge is -2.06. The van der Waals surface area contributed by atoms with Crippen LogP contribution in [0.2, 0.25) is 0 Å². The minimum Gasteiger partial charge on any atom is -0.441 e. The number of carbonyl (C=O) groups excluding carboxylic acids is 1. The average Bonchev–Trinajstić information content (AvgIpc) is 2.96. The van der Waals surface area contributed by atoms with Gasteiger partial charge in [0.25, 0.3) is 0 Å². The van der Waals surface area contributed by atoms with Crippen LogP contribution in [-0.2, 0) is 0 Å². The maximum atomic E-state index is 11.5. The molecule has 0 atom stereocenters. The molecule has 5 heteroatoms. The third-order valence-corrected chi connectivity index (χ3v) is 2.89. The minimum absolute atomic E-state index is 0.263. The summed E-state index contributed by atoms with van der Waals surface area (Å²) in [6, 6.07) is 7.07. The average molecular weight is 285 g/mol. The van der Waals surface area contributed by atoms with Crippen molar-refractivity contribution in [1.29, 1.82) is 0 Å². The van der Waals surface area contributed by atoms with Crippen LogP contribution in [-0.4, -0.2) is 17.6 Å². The molecule has 1 aromatic carbocycles. The molecule has 2 amide bonds. The number of urea groups is 1. The molecule has 21 heavy (non-hydrogen) atoms. The number of nitrogens with one attached hydrogen (secondary N) is 2. The lowest BCUT2D eigenvalue weighted by molar-refractivity contribution is 0.253. The van der Waals surface area contributed by atoms with Gasteiger partial charge in [0.2, 0.25) is 5.89 Å². The van der Waals surface area contributed by atoms with Gasteiger partial charge in [0.05, 0.1) is 6.20 Å². The number of hydrogen-bond acceptors (Lipinski definition) is 3. The monoisotopic (exact) mass is 285 g/mol. The summed E-state index contributed by atoms with van der Waals surface area (Å²) >= 11 is 0. The second-order valence-electron chi connectivity index (χ2n) is 4.92. The van der Waals surface area contributed by atoms with E-state index in [4.69, 9.17) is 4.42 Å². The Bertz CT molecular complexity index is 615. The van der Waals surface area contributed by atoms with Gasteiger partial charge in [0.1, 0.15) is 5.76 Å². The number of carbonyl (C=O) groups is 1. The van der Waals surface area contributed by atoms with E-state index >= 15 is 0 Å². The van der Waals surface area contributed by atoms with Crippen LogP contribution in [0, 0.1) is 0 Å². The largest absolute Gasteiger partial charge is 0.441 e. The summed E-state index contributed by atoms with van der Waals surface area (Å²) in [5, 5.41) is 5.37. The fraction of sp³-hybridized carbons (Fsp3) is 0.250. The van der Waals surface area contributed by atoms with E-state index in [2.05, 4.69) is 36.0 Å². The van der Waals surface area contributed by atoms with Crippen LogP contribution >= 0.6 is 0 Å². The maximum absolute atomic E-state index is 11.5. The molecule has 2 N–H and O–H groups in total. The van der Waals surface area contributed by atoms with Crippen LogP contribution in [0.3, 0.4) is 0 Å². The van der Waals surface area contributed by atoms with Crippen LogP contribution in [0.1, 0.15) is 25.5 Å². The van der Waals surface area contributed by atoms with Crippen molar-refractivity contribution in [1.82, 2.24) is 10.3 Å². The van der Waals surface area contributed by atoms with Gasteiger partial charge >= 0.3 is 6.03 Å². The molecule has 0 unspecified atom stereocenters. The Labute approximate surface area is 124 Å². The first-order valence-corrected chi connectivity index (χ1v) is 6.82. The fourth-order valence-corrected chi connectivity index (χ4v) is 1.72. The molecule has 0 aliphatic heterocycles. The number of benzene rings is 1. The first-order valence-electron chi connectivity index (χ1n) is 6.82. The van der Waals surface area contributed by atoms with Crippen LogP contribution < -0.4 is 10.6 Å². The molecule has 1 heterocycles. The zero-order valence-electron chi connectivity index (χ0n) is 12.2. The lowest BCUT2D eigenvalue weighted by Crippen LogP contribution is -2.28. The SMILES string of the molecule is C=CCNC(=O)Nc1ccc(-c2ncc(C(C)C)o2)cc1. The van der Waals surface area contributed by atoms with E-state index in [0.717, 1.165) is 11.3 Å². The van der Waals surface area contributed by atoms with Crippen molar-refractivity contribution < 1.29 is 9.21 Å². The molecule has 2 aromatic rings. The van der Waals surface area contributed by atoms with Gasteiger partial charge in [-0.05, 0) is 24.3 Å². The third-order valence-electron chi connectivity index (χ3n) is 2.89. The minimum atomic E-state index is -0.263. The number of oxazole rings is 1. The van der Waals surface area contributed by atoms with E-state index in [0.29, 0.717) is 24.0 Å². The van der Waals surface area contributed by atoms with Gasteiger partial charge in [-0.1, -0.05) is 19.9 Å². The van der Waals surface area contributed by atoms with Gasteiger partial charge < -0.3 is 15.1 Å². The Morgan fingerprint density at radius 3 is 2.67 bits per heavy atom. The summed E-state index contributed by atoms with van der Waals surface area (Å²) in [6.07, 6.45) is 3.37. The van der Waals surface area contributed by atoms with E-state index in [-0.39, 0.29) is 6.03 Å². The third kappa shape index (κ3) is 3.95. The van der Waals surface area contributed by atoms with E-state index in [1.165, 1.54) is 0 Å². The fourth-order valence-electron chi connectivity index (χ4n) is 1.72. The molecule has 0 aliphatic carbocycles. The number of nitrogens with zero attached hydrogens (tertiary/aromatic N) is 1. The topological polar surface area (TPSA) is 67.2 Å². The van der Waals surface area contributed by atoms with Gasteiger partial charge in [0, 0.05) is 23.7 Å². The molecule has 0 saturated carbocycles. The van der Waals surface area contributed by atoms with Gasteiger partial charge in [-0.3, -0.25) is 0 Å². The number of amides is 2. The highest BCUT2D eigenvalue weighted by Crippen LogP contribution is 2.24. The highest BCUT2D eigenvalue weighted by molar-refractivity contribution is 5.89. The zero-order chi connectivity index (χ0) is 15.2. The normalized spacial score (nSPS) is 10.4. The van der Waals surface area contributed by atoms with Crippen LogP contribution in [0.4, 0.5) is 10.5 Å². The van der Waals surface area contributed by atoms with Crippen molar-refractivity contribution in [2.24, 2.45) is 0 Å². The Hall–Kier alpha value is -2.56. The first kappa shape index (κ1) is 14.8. The number of aromatic nitrogens is 1. The molecule has 1 aromatic heterocycles. The van der Waals surface area contributed by atoms with Crippen LogP contribution in [0.25, 0.3) is 11.5 Å². The summed E-state index contributed by atoms with van der Waals surface area (Å²) in [5.41, 5.74) is 1.58. The van der Waals surface area contributed by atoms with Crippen LogP contribution in [0.5, 0.6) is 0 Å². The smallest absolute Gasteiger partial charge is 0.319 e. The Kier molecular flexibility index (Phi) is 4.77. The quantitative estimate of drug-likeness (QED) is 0.822. The Balaban J connectivity index is 2.04. The van der Waals surface area contributed by atoms with Gasteiger partial charge in [-0.25, -0.2) is 9.78 Å². The summed E-state index contributed by atoms with van der Waals surface area (Å²) in [7, 11) is 0. The van der Waals surface area contributed by atoms with Crippen molar-refractivity contribution in [3.05, 3.63) is 48.9 Å². The van der Waals surface area contributed by atoms with Crippen LogP contribution in [0.15, 0.2) is 47.5 Å². The van der Waals surface area contributed by atoms with E-state index in [9.17, 15) is 4.79 Å². The number of hydrogen-bond donors (Lipinski definition) is 2. The Morgan fingerprint density at radius 1 is 1.38 bits per heavy atom. The highest BCUT2D eigenvalue weighted by Gasteiger charge is 2.09. The molecule has 0 aliphatic rings. The molecule has 0 bridgehead atoms. The second-order valence-corrected chi connectivity index (χ2v) is 4.92. The highest BCUT2D eigenvalue weighted by atomic mass is 16.4. The van der Waals surface area contributed by atoms with Crippen molar-refractivity contribution in [3.63, 3.8) is 0 Å². The molecular formula is C16H19N3O2. The predicted molar refractivity (Wildman–Crippen MR) is 83.2 cm³/mol. The number of rotatable bonds is 5.